The minimum absolute atomic E-state index is 1.12. The standard InChI is InChI=1S/C41H33N/c1-32-22-24-35(25-23-32)41(31-30-40(33-14-6-2-7-15-33)34-16-8-3-9-17-34)36-26-28-39(29-27-36)42(37-18-10-4-11-19-37)38-20-12-5-13-21-38/h2-31H,1H3/b41-31+. The van der Waals surface area contributed by atoms with E-state index in [-0.39, 0.29) is 0 Å². The number of allylic oxidation sites excluding steroid dienone is 2. The van der Waals surface area contributed by atoms with Crippen LogP contribution in [0.5, 0.6) is 0 Å². The summed E-state index contributed by atoms with van der Waals surface area (Å²) >= 11 is 0. The summed E-state index contributed by atoms with van der Waals surface area (Å²) in [5, 5.41) is 0. The average Bonchev–Trinajstić information content (AvgIpc) is 3.06. The van der Waals surface area contributed by atoms with E-state index in [1.807, 2.05) is 0 Å². The van der Waals surface area contributed by atoms with Crippen LogP contribution in [0.3, 0.4) is 0 Å². The molecule has 0 saturated carbocycles. The number of para-hydroxylation sites is 2. The molecule has 0 aliphatic rings. The highest BCUT2D eigenvalue weighted by atomic mass is 15.1. The van der Waals surface area contributed by atoms with Crippen LogP contribution in [-0.4, -0.2) is 0 Å². The molecule has 0 unspecified atom stereocenters. The second kappa shape index (κ2) is 12.8. The SMILES string of the molecule is Cc1ccc(/C(=C\C=C(c2ccccc2)c2ccccc2)c2ccc(N(c3ccccc3)c3ccccc3)cc2)cc1. The molecular weight excluding hydrogens is 506 g/mol. The van der Waals surface area contributed by atoms with E-state index in [9.17, 15) is 0 Å². The third kappa shape index (κ3) is 6.16. The second-order valence-corrected chi connectivity index (χ2v) is 10.3. The van der Waals surface area contributed by atoms with Gasteiger partial charge >= 0.3 is 0 Å². The van der Waals surface area contributed by atoms with Crippen molar-refractivity contribution < 1.29 is 0 Å². The van der Waals surface area contributed by atoms with Crippen molar-refractivity contribution in [3.05, 3.63) is 210 Å². The molecule has 6 aromatic carbocycles. The van der Waals surface area contributed by atoms with Crippen LogP contribution in [0.15, 0.2) is 182 Å². The largest absolute Gasteiger partial charge is 0.311 e. The van der Waals surface area contributed by atoms with E-state index in [4.69, 9.17) is 0 Å². The van der Waals surface area contributed by atoms with E-state index in [0.717, 1.165) is 17.1 Å². The Hall–Kier alpha value is -5.40. The van der Waals surface area contributed by atoms with Gasteiger partial charge in [-0.25, -0.2) is 0 Å². The van der Waals surface area contributed by atoms with Gasteiger partial charge in [-0.05, 0) is 76.7 Å². The molecule has 1 nitrogen and oxygen atoms in total. The molecule has 0 aliphatic heterocycles. The van der Waals surface area contributed by atoms with Crippen molar-refractivity contribution in [2.75, 3.05) is 4.90 Å². The maximum atomic E-state index is 2.29. The zero-order chi connectivity index (χ0) is 28.6. The van der Waals surface area contributed by atoms with Crippen LogP contribution in [0.2, 0.25) is 0 Å². The topological polar surface area (TPSA) is 3.24 Å². The van der Waals surface area contributed by atoms with E-state index < -0.39 is 0 Å². The highest BCUT2D eigenvalue weighted by Gasteiger charge is 2.13. The number of hydrogen-bond donors (Lipinski definition) is 0. The lowest BCUT2D eigenvalue weighted by Gasteiger charge is -2.25. The molecule has 0 aliphatic carbocycles. The average molecular weight is 540 g/mol. The number of benzene rings is 6. The molecule has 0 aromatic heterocycles. The first-order valence-electron chi connectivity index (χ1n) is 14.4. The molecule has 0 fully saturated rings. The normalized spacial score (nSPS) is 11.1. The van der Waals surface area contributed by atoms with Gasteiger partial charge in [-0.3, -0.25) is 0 Å². The van der Waals surface area contributed by atoms with Crippen LogP contribution in [-0.2, 0) is 0 Å². The molecule has 6 aromatic rings. The fourth-order valence-corrected chi connectivity index (χ4v) is 5.24. The monoisotopic (exact) mass is 539 g/mol. The van der Waals surface area contributed by atoms with Gasteiger partial charge in [0.2, 0.25) is 0 Å². The Morgan fingerprint density at radius 2 is 0.667 bits per heavy atom. The predicted molar refractivity (Wildman–Crippen MR) is 179 cm³/mol. The van der Waals surface area contributed by atoms with E-state index in [1.54, 1.807) is 0 Å². The summed E-state index contributed by atoms with van der Waals surface area (Å²) in [6.07, 6.45) is 4.52. The molecule has 0 heterocycles. The Balaban J connectivity index is 1.45. The number of aryl methyl sites for hydroxylation is 1. The highest BCUT2D eigenvalue weighted by Crippen LogP contribution is 2.36. The molecule has 0 bridgehead atoms. The highest BCUT2D eigenvalue weighted by molar-refractivity contribution is 5.87. The summed E-state index contributed by atoms with van der Waals surface area (Å²) in [5.74, 6) is 0. The third-order valence-electron chi connectivity index (χ3n) is 7.41. The summed E-state index contributed by atoms with van der Waals surface area (Å²) in [6, 6.07) is 60.0. The van der Waals surface area contributed by atoms with Crippen molar-refractivity contribution in [3.8, 4) is 0 Å². The van der Waals surface area contributed by atoms with Gasteiger partial charge in [-0.2, -0.15) is 0 Å². The zero-order valence-electron chi connectivity index (χ0n) is 23.8. The molecule has 0 atom stereocenters. The van der Waals surface area contributed by atoms with Crippen LogP contribution in [0.1, 0.15) is 27.8 Å². The van der Waals surface area contributed by atoms with Gasteiger partial charge in [0.15, 0.2) is 0 Å². The van der Waals surface area contributed by atoms with Crippen molar-refractivity contribution in [2.45, 2.75) is 6.92 Å². The zero-order valence-corrected chi connectivity index (χ0v) is 23.8. The minimum Gasteiger partial charge on any atom is -0.311 e. The quantitative estimate of drug-likeness (QED) is 0.174. The molecule has 6 rings (SSSR count). The summed E-state index contributed by atoms with van der Waals surface area (Å²) in [6.45, 7) is 2.13. The lowest BCUT2D eigenvalue weighted by molar-refractivity contribution is 1.28. The van der Waals surface area contributed by atoms with Crippen LogP contribution in [0.25, 0.3) is 11.1 Å². The fraction of sp³-hybridized carbons (Fsp3) is 0.0244. The Bertz CT molecular complexity index is 1690. The van der Waals surface area contributed by atoms with E-state index >= 15 is 0 Å². The van der Waals surface area contributed by atoms with E-state index in [1.165, 1.54) is 39.0 Å². The molecule has 42 heavy (non-hydrogen) atoms. The smallest absolute Gasteiger partial charge is 0.0462 e. The summed E-state index contributed by atoms with van der Waals surface area (Å²) < 4.78 is 0. The second-order valence-electron chi connectivity index (χ2n) is 10.3. The van der Waals surface area contributed by atoms with Crippen molar-refractivity contribution >= 4 is 28.2 Å². The molecule has 0 saturated heterocycles. The number of rotatable bonds is 8. The lowest BCUT2D eigenvalue weighted by Crippen LogP contribution is -2.09. The van der Waals surface area contributed by atoms with Crippen LogP contribution in [0.4, 0.5) is 17.1 Å². The van der Waals surface area contributed by atoms with Crippen LogP contribution >= 0.6 is 0 Å². The van der Waals surface area contributed by atoms with E-state index in [2.05, 4.69) is 194 Å². The molecule has 0 N–H and O–H groups in total. The summed E-state index contributed by atoms with van der Waals surface area (Å²) in [5.41, 5.74) is 11.7. The maximum Gasteiger partial charge on any atom is 0.0462 e. The van der Waals surface area contributed by atoms with Gasteiger partial charge in [0, 0.05) is 17.1 Å². The molecule has 202 valence electrons. The molecule has 0 radical (unpaired) electrons. The third-order valence-corrected chi connectivity index (χ3v) is 7.41. The first-order chi connectivity index (χ1) is 20.8. The van der Waals surface area contributed by atoms with Crippen molar-refractivity contribution in [1.82, 2.24) is 0 Å². The summed E-state index contributed by atoms with van der Waals surface area (Å²) in [4.78, 5) is 2.29. The number of nitrogens with zero attached hydrogens (tertiary/aromatic N) is 1. The molecule has 0 spiro atoms. The molecular formula is C41H33N. The minimum atomic E-state index is 1.12. The molecule has 1 heteroatoms. The van der Waals surface area contributed by atoms with Gasteiger partial charge in [-0.15, -0.1) is 0 Å². The Morgan fingerprint density at radius 1 is 0.357 bits per heavy atom. The van der Waals surface area contributed by atoms with Crippen molar-refractivity contribution in [1.29, 1.82) is 0 Å². The molecule has 0 amide bonds. The first kappa shape index (κ1) is 26.8. The first-order valence-corrected chi connectivity index (χ1v) is 14.4. The van der Waals surface area contributed by atoms with E-state index in [0.29, 0.717) is 0 Å². The summed E-state index contributed by atoms with van der Waals surface area (Å²) in [7, 11) is 0. The fourth-order valence-electron chi connectivity index (χ4n) is 5.24. The van der Waals surface area contributed by atoms with Gasteiger partial charge in [0.05, 0.1) is 0 Å². The Labute approximate surface area is 249 Å². The number of anilines is 3. The Kier molecular flexibility index (Phi) is 8.20. The van der Waals surface area contributed by atoms with Gasteiger partial charge in [0.25, 0.3) is 0 Å². The maximum absolute atomic E-state index is 2.29. The Morgan fingerprint density at radius 3 is 1.07 bits per heavy atom. The lowest BCUT2D eigenvalue weighted by atomic mass is 9.93. The predicted octanol–water partition coefficient (Wildman–Crippen LogP) is 11.0. The number of hydrogen-bond acceptors (Lipinski definition) is 1. The van der Waals surface area contributed by atoms with Gasteiger partial charge < -0.3 is 4.90 Å². The van der Waals surface area contributed by atoms with Gasteiger partial charge in [0.1, 0.15) is 0 Å². The van der Waals surface area contributed by atoms with Crippen molar-refractivity contribution in [3.63, 3.8) is 0 Å². The van der Waals surface area contributed by atoms with Crippen molar-refractivity contribution in [2.24, 2.45) is 0 Å². The van der Waals surface area contributed by atoms with Crippen LogP contribution < -0.4 is 4.90 Å². The van der Waals surface area contributed by atoms with Gasteiger partial charge in [-0.1, -0.05) is 151 Å². The van der Waals surface area contributed by atoms with Crippen LogP contribution in [0, 0.1) is 6.92 Å².